The van der Waals surface area contributed by atoms with Crippen molar-refractivity contribution in [2.45, 2.75) is 18.8 Å². The lowest BCUT2D eigenvalue weighted by Gasteiger charge is -2.27. The smallest absolute Gasteiger partial charge is 0.197 e. The van der Waals surface area contributed by atoms with Gasteiger partial charge in [-0.05, 0) is 18.8 Å². The van der Waals surface area contributed by atoms with E-state index >= 15 is 0 Å². The second-order valence-corrected chi connectivity index (χ2v) is 5.05. The Labute approximate surface area is 92.7 Å². The van der Waals surface area contributed by atoms with Gasteiger partial charge in [-0.2, -0.15) is 0 Å². The van der Waals surface area contributed by atoms with Crippen LogP contribution in [-0.4, -0.2) is 4.98 Å². The van der Waals surface area contributed by atoms with Crippen LogP contribution in [0.4, 0.5) is 5.13 Å². The minimum atomic E-state index is 0.470. The third kappa shape index (κ3) is 1.41. The molecule has 4 heteroatoms. The van der Waals surface area contributed by atoms with Crippen molar-refractivity contribution in [2.24, 2.45) is 11.8 Å². The molecule has 3 nitrogen and oxygen atoms in total. The van der Waals surface area contributed by atoms with Crippen LogP contribution in [0.5, 0.6) is 0 Å². The largest absolute Gasteiger partial charge is 0.300 e. The summed E-state index contributed by atoms with van der Waals surface area (Å²) >= 11 is 1.69. The standard InChI is InChI=1S/C11H13N3S/c12-14-11-13-10-8-4-2-1-3-7(8)5-6-9(10)15-11/h1-4,7-8H,5-6,12H2,(H,13,14). The van der Waals surface area contributed by atoms with Gasteiger partial charge < -0.3 is 0 Å². The van der Waals surface area contributed by atoms with Gasteiger partial charge in [-0.1, -0.05) is 24.3 Å². The molecule has 0 radical (unpaired) electrons. The number of nitrogens with zero attached hydrogens (tertiary/aromatic N) is 1. The van der Waals surface area contributed by atoms with Crippen molar-refractivity contribution in [3.05, 3.63) is 34.9 Å². The monoisotopic (exact) mass is 219 g/mol. The van der Waals surface area contributed by atoms with Gasteiger partial charge in [-0.3, -0.25) is 5.43 Å². The molecule has 0 fully saturated rings. The number of rotatable bonds is 1. The Kier molecular flexibility index (Phi) is 2.11. The zero-order valence-corrected chi connectivity index (χ0v) is 9.13. The molecule has 1 aromatic heterocycles. The second-order valence-electron chi connectivity index (χ2n) is 3.97. The lowest BCUT2D eigenvalue weighted by Crippen LogP contribution is -2.18. The van der Waals surface area contributed by atoms with E-state index in [1.165, 1.54) is 17.0 Å². The molecule has 0 amide bonds. The zero-order chi connectivity index (χ0) is 10.3. The van der Waals surface area contributed by atoms with Crippen LogP contribution in [0, 0.1) is 5.92 Å². The maximum absolute atomic E-state index is 5.40. The number of nitrogens with two attached hydrogens (primary N) is 1. The summed E-state index contributed by atoms with van der Waals surface area (Å²) in [5, 5.41) is 0.837. The van der Waals surface area contributed by atoms with Gasteiger partial charge in [0.2, 0.25) is 0 Å². The number of aryl methyl sites for hydroxylation is 1. The van der Waals surface area contributed by atoms with Gasteiger partial charge in [0.25, 0.3) is 0 Å². The van der Waals surface area contributed by atoms with Crippen molar-refractivity contribution in [1.29, 1.82) is 0 Å². The van der Waals surface area contributed by atoms with E-state index in [2.05, 4.69) is 34.7 Å². The molecule has 0 aromatic carbocycles. The van der Waals surface area contributed by atoms with E-state index in [4.69, 9.17) is 5.84 Å². The fourth-order valence-electron chi connectivity index (χ4n) is 2.39. The predicted molar refractivity (Wildman–Crippen MR) is 62.8 cm³/mol. The molecule has 3 N–H and O–H groups in total. The third-order valence-corrected chi connectivity index (χ3v) is 4.18. The topological polar surface area (TPSA) is 50.9 Å². The van der Waals surface area contributed by atoms with Crippen molar-refractivity contribution < 1.29 is 0 Å². The van der Waals surface area contributed by atoms with Crippen LogP contribution >= 0.6 is 11.3 Å². The molecule has 2 aliphatic carbocycles. The highest BCUT2D eigenvalue weighted by atomic mass is 32.1. The summed E-state index contributed by atoms with van der Waals surface area (Å²) < 4.78 is 0. The molecule has 0 bridgehead atoms. The number of aromatic nitrogens is 1. The molecular formula is C11H13N3S. The van der Waals surface area contributed by atoms with Crippen LogP contribution in [0.2, 0.25) is 0 Å². The second kappa shape index (κ2) is 3.47. The molecule has 0 aliphatic heterocycles. The number of hydrogen-bond acceptors (Lipinski definition) is 4. The summed E-state index contributed by atoms with van der Waals surface area (Å²) in [7, 11) is 0. The summed E-state index contributed by atoms with van der Waals surface area (Å²) in [4.78, 5) is 5.94. The highest BCUT2D eigenvalue weighted by Crippen LogP contribution is 2.42. The Hall–Kier alpha value is -1.13. The summed E-state index contributed by atoms with van der Waals surface area (Å²) in [6, 6.07) is 0. The maximum Gasteiger partial charge on any atom is 0.197 e. The molecule has 78 valence electrons. The summed E-state index contributed by atoms with van der Waals surface area (Å²) in [5.74, 6) is 6.50. The highest BCUT2D eigenvalue weighted by molar-refractivity contribution is 7.15. The van der Waals surface area contributed by atoms with Crippen LogP contribution in [-0.2, 0) is 6.42 Å². The molecule has 2 unspecified atom stereocenters. The number of anilines is 1. The fourth-order valence-corrected chi connectivity index (χ4v) is 3.33. The summed E-state index contributed by atoms with van der Waals surface area (Å²) in [6.45, 7) is 0. The lowest BCUT2D eigenvalue weighted by molar-refractivity contribution is 0.495. The van der Waals surface area contributed by atoms with Gasteiger partial charge >= 0.3 is 0 Å². The van der Waals surface area contributed by atoms with E-state index in [9.17, 15) is 0 Å². The molecule has 1 heterocycles. The Morgan fingerprint density at radius 1 is 1.40 bits per heavy atom. The predicted octanol–water partition coefficient (Wildman–Crippen LogP) is 2.20. The van der Waals surface area contributed by atoms with Crippen LogP contribution in [0.1, 0.15) is 22.9 Å². The average Bonchev–Trinajstić information content (AvgIpc) is 2.72. The Morgan fingerprint density at radius 2 is 2.27 bits per heavy atom. The van der Waals surface area contributed by atoms with E-state index in [-0.39, 0.29) is 0 Å². The summed E-state index contributed by atoms with van der Waals surface area (Å²) in [6.07, 6.45) is 11.2. The Morgan fingerprint density at radius 3 is 3.13 bits per heavy atom. The van der Waals surface area contributed by atoms with Crippen LogP contribution < -0.4 is 11.3 Å². The summed E-state index contributed by atoms with van der Waals surface area (Å²) in [5.41, 5.74) is 3.87. The van der Waals surface area contributed by atoms with Gasteiger partial charge in [0.1, 0.15) is 0 Å². The molecule has 0 spiro atoms. The van der Waals surface area contributed by atoms with E-state index in [0.717, 1.165) is 11.6 Å². The SMILES string of the molecule is NNc1nc2c(s1)CCC1C=CC=CC21. The van der Waals surface area contributed by atoms with Gasteiger partial charge in [0.05, 0.1) is 5.69 Å². The van der Waals surface area contributed by atoms with Gasteiger partial charge in [-0.25, -0.2) is 10.8 Å². The zero-order valence-electron chi connectivity index (χ0n) is 8.31. The van der Waals surface area contributed by atoms with Crippen molar-refractivity contribution in [2.75, 3.05) is 5.43 Å². The van der Waals surface area contributed by atoms with E-state index in [1.807, 2.05) is 0 Å². The molecule has 0 saturated carbocycles. The quantitative estimate of drug-likeness (QED) is 0.562. The van der Waals surface area contributed by atoms with Crippen LogP contribution in [0.25, 0.3) is 0 Å². The number of thiazole rings is 1. The van der Waals surface area contributed by atoms with Crippen molar-refractivity contribution >= 4 is 16.5 Å². The van der Waals surface area contributed by atoms with Gasteiger partial charge in [0.15, 0.2) is 5.13 Å². The molecule has 2 atom stereocenters. The van der Waals surface area contributed by atoms with Crippen molar-refractivity contribution in [3.8, 4) is 0 Å². The van der Waals surface area contributed by atoms with Gasteiger partial charge in [-0.15, -0.1) is 11.3 Å². The normalized spacial score (nSPS) is 27.3. The fraction of sp³-hybridized carbons (Fsp3) is 0.364. The van der Waals surface area contributed by atoms with E-state index < -0.39 is 0 Å². The lowest BCUT2D eigenvalue weighted by atomic mass is 9.78. The number of fused-ring (bicyclic) bond motifs is 3. The van der Waals surface area contributed by atoms with E-state index in [0.29, 0.717) is 11.8 Å². The van der Waals surface area contributed by atoms with Crippen LogP contribution in [0.3, 0.4) is 0 Å². The minimum Gasteiger partial charge on any atom is -0.300 e. The third-order valence-electron chi connectivity index (χ3n) is 3.12. The van der Waals surface area contributed by atoms with Gasteiger partial charge in [0, 0.05) is 10.8 Å². The van der Waals surface area contributed by atoms with Crippen LogP contribution in [0.15, 0.2) is 24.3 Å². The molecule has 0 saturated heterocycles. The van der Waals surface area contributed by atoms with Crippen molar-refractivity contribution in [1.82, 2.24) is 4.98 Å². The Balaban J connectivity index is 2.03. The minimum absolute atomic E-state index is 0.470. The molecule has 1 aromatic rings. The molecule has 3 rings (SSSR count). The van der Waals surface area contributed by atoms with E-state index in [1.54, 1.807) is 11.3 Å². The first kappa shape index (κ1) is 9.12. The Bertz CT molecular complexity index is 433. The number of hydrazine groups is 1. The molecule has 2 aliphatic rings. The number of hydrogen-bond donors (Lipinski definition) is 2. The average molecular weight is 219 g/mol. The number of nitrogens with one attached hydrogen (secondary N) is 1. The number of allylic oxidation sites excluding steroid dienone is 4. The van der Waals surface area contributed by atoms with Crippen molar-refractivity contribution in [3.63, 3.8) is 0 Å². The highest BCUT2D eigenvalue weighted by Gasteiger charge is 2.30. The number of nitrogen functional groups attached to an aromatic ring is 1. The molecule has 15 heavy (non-hydrogen) atoms. The molecular weight excluding hydrogens is 206 g/mol. The first-order chi connectivity index (χ1) is 7.38. The maximum atomic E-state index is 5.40. The first-order valence-electron chi connectivity index (χ1n) is 5.19. The first-order valence-corrected chi connectivity index (χ1v) is 6.01.